The molecule has 0 saturated carbocycles. The maximum absolute atomic E-state index is 13.7. The molecule has 302 valence electrons. The van der Waals surface area contributed by atoms with Crippen LogP contribution < -0.4 is 0 Å². The van der Waals surface area contributed by atoms with Gasteiger partial charge in [0.15, 0.2) is 0 Å². The summed E-state index contributed by atoms with van der Waals surface area (Å²) in [6.45, 7) is 12.6. The Morgan fingerprint density at radius 3 is 1.22 bits per heavy atom. The number of hydrogen-bond acceptors (Lipinski definition) is 7. The van der Waals surface area contributed by atoms with Crippen LogP contribution in [0.5, 0.6) is 0 Å². The van der Waals surface area contributed by atoms with Gasteiger partial charge in [-0.15, -0.1) is 0 Å². The van der Waals surface area contributed by atoms with E-state index < -0.39 is 0 Å². The van der Waals surface area contributed by atoms with Gasteiger partial charge in [0.1, 0.15) is 13.2 Å². The lowest BCUT2D eigenvalue weighted by Crippen LogP contribution is -2.43. The molecule has 8 heteroatoms. The summed E-state index contributed by atoms with van der Waals surface area (Å²) in [5, 5.41) is 9.36. The molecular weight excluding hydrogens is 640 g/mol. The van der Waals surface area contributed by atoms with E-state index in [1.165, 1.54) is 77.0 Å². The van der Waals surface area contributed by atoms with Gasteiger partial charge < -0.3 is 24.4 Å². The largest absolute Gasteiger partial charge is 0.464 e. The molecule has 0 bridgehead atoms. The Bertz CT molecular complexity index is 774. The van der Waals surface area contributed by atoms with Crippen molar-refractivity contribution < 1.29 is 29.0 Å². The number of carbonyl (C=O) groups is 3. The molecule has 0 heterocycles. The van der Waals surface area contributed by atoms with Gasteiger partial charge in [0.25, 0.3) is 0 Å². The molecule has 0 aliphatic rings. The summed E-state index contributed by atoms with van der Waals surface area (Å²) < 4.78 is 11.7. The minimum absolute atomic E-state index is 0.0315. The predicted octanol–water partition coefficient (Wildman–Crippen LogP) is 10.1. The molecule has 1 amide bonds. The van der Waals surface area contributed by atoms with E-state index in [1.54, 1.807) is 4.90 Å². The standard InChI is InChI=1S/C43H84N2O6/c1-7-11-15-19-21-25-29-39(27-23-17-13-9-3)42(48)50-35-32-45(41(47)38(5)37-44(6)31-34-46)33-36-51-43(49)40(28-24-18-14-10-4)30-26-22-20-16-12-8-2/h38-40,46H,7-37H2,1-6H3. The number of ether oxygens (including phenoxy) is 2. The lowest BCUT2D eigenvalue weighted by atomic mass is 9.94. The lowest BCUT2D eigenvalue weighted by molar-refractivity contribution is -0.153. The summed E-state index contributed by atoms with van der Waals surface area (Å²) >= 11 is 0. The van der Waals surface area contributed by atoms with Crippen molar-refractivity contribution in [2.75, 3.05) is 53.0 Å². The van der Waals surface area contributed by atoms with Crippen molar-refractivity contribution >= 4 is 17.8 Å². The van der Waals surface area contributed by atoms with E-state index in [4.69, 9.17) is 9.47 Å². The Kier molecular flexibility index (Phi) is 34.2. The normalized spacial score (nSPS) is 13.3. The van der Waals surface area contributed by atoms with Crippen molar-refractivity contribution in [3.8, 4) is 0 Å². The molecule has 0 aromatic heterocycles. The summed E-state index contributed by atoms with van der Waals surface area (Å²) in [5.41, 5.74) is 0. The first-order valence-electron chi connectivity index (χ1n) is 21.7. The van der Waals surface area contributed by atoms with Crippen LogP contribution >= 0.6 is 0 Å². The second-order valence-corrected chi connectivity index (χ2v) is 15.3. The van der Waals surface area contributed by atoms with Crippen LogP contribution in [0.3, 0.4) is 0 Å². The minimum atomic E-state index is -0.314. The Morgan fingerprint density at radius 1 is 0.529 bits per heavy atom. The topological polar surface area (TPSA) is 96.4 Å². The number of rotatable bonds is 37. The predicted molar refractivity (Wildman–Crippen MR) is 213 cm³/mol. The zero-order valence-electron chi connectivity index (χ0n) is 34.5. The molecule has 3 atom stereocenters. The molecule has 51 heavy (non-hydrogen) atoms. The van der Waals surface area contributed by atoms with Gasteiger partial charge in [-0.3, -0.25) is 14.4 Å². The average molecular weight is 725 g/mol. The third-order valence-corrected chi connectivity index (χ3v) is 10.3. The van der Waals surface area contributed by atoms with E-state index >= 15 is 0 Å². The fourth-order valence-electron chi connectivity index (χ4n) is 6.94. The van der Waals surface area contributed by atoms with Crippen molar-refractivity contribution in [3.05, 3.63) is 0 Å². The number of esters is 2. The molecule has 0 radical (unpaired) electrons. The van der Waals surface area contributed by atoms with Crippen molar-refractivity contribution in [1.29, 1.82) is 0 Å². The number of likely N-dealkylation sites (N-methyl/N-ethyl adjacent to an activating group) is 1. The fraction of sp³-hybridized carbons (Fsp3) is 0.930. The smallest absolute Gasteiger partial charge is 0.308 e. The molecule has 0 fully saturated rings. The molecular formula is C43H84N2O6. The van der Waals surface area contributed by atoms with Crippen LogP contribution in [0.15, 0.2) is 0 Å². The molecule has 0 aromatic carbocycles. The summed E-state index contributed by atoms with van der Waals surface area (Å²) in [6, 6.07) is 0. The Morgan fingerprint density at radius 2 is 0.863 bits per heavy atom. The van der Waals surface area contributed by atoms with Gasteiger partial charge in [0.05, 0.1) is 31.5 Å². The van der Waals surface area contributed by atoms with Crippen molar-refractivity contribution in [2.24, 2.45) is 17.8 Å². The molecule has 0 rings (SSSR count). The third kappa shape index (κ3) is 27.6. The number of amides is 1. The first kappa shape index (κ1) is 49.3. The van der Waals surface area contributed by atoms with Crippen LogP contribution in [0.4, 0.5) is 0 Å². The van der Waals surface area contributed by atoms with Crippen LogP contribution in [-0.4, -0.2) is 85.8 Å². The number of nitrogens with zero attached hydrogens (tertiary/aromatic N) is 2. The summed E-state index contributed by atoms with van der Waals surface area (Å²) in [7, 11) is 1.89. The zero-order chi connectivity index (χ0) is 38.0. The van der Waals surface area contributed by atoms with E-state index in [0.29, 0.717) is 13.1 Å². The van der Waals surface area contributed by atoms with Crippen LogP contribution in [-0.2, 0) is 23.9 Å². The van der Waals surface area contributed by atoms with Crippen LogP contribution in [0.2, 0.25) is 0 Å². The van der Waals surface area contributed by atoms with E-state index in [0.717, 1.165) is 77.0 Å². The lowest BCUT2D eigenvalue weighted by Gasteiger charge is -2.28. The first-order valence-corrected chi connectivity index (χ1v) is 21.7. The highest BCUT2D eigenvalue weighted by molar-refractivity contribution is 5.79. The monoisotopic (exact) mass is 725 g/mol. The Balaban J connectivity index is 5.37. The summed E-state index contributed by atoms with van der Waals surface area (Å²) in [6.07, 6.45) is 26.9. The van der Waals surface area contributed by atoms with Crippen molar-refractivity contribution in [3.63, 3.8) is 0 Å². The van der Waals surface area contributed by atoms with Gasteiger partial charge in [0, 0.05) is 19.0 Å². The summed E-state index contributed by atoms with van der Waals surface area (Å²) in [4.78, 5) is 43.9. The van der Waals surface area contributed by atoms with Gasteiger partial charge in [0.2, 0.25) is 5.91 Å². The fourth-order valence-corrected chi connectivity index (χ4v) is 6.94. The number of aliphatic hydroxyl groups is 1. The highest BCUT2D eigenvalue weighted by Crippen LogP contribution is 2.22. The molecule has 0 saturated heterocycles. The highest BCUT2D eigenvalue weighted by atomic mass is 16.5. The zero-order valence-corrected chi connectivity index (χ0v) is 34.5. The van der Waals surface area contributed by atoms with Crippen LogP contribution in [0.25, 0.3) is 0 Å². The summed E-state index contributed by atoms with van der Waals surface area (Å²) in [5.74, 6) is -0.843. The van der Waals surface area contributed by atoms with Gasteiger partial charge >= 0.3 is 11.9 Å². The maximum atomic E-state index is 13.7. The SMILES string of the molecule is CCCCCCCCC(CCCCCC)C(=O)OCCN(CCOC(=O)C(CCCCCC)CCCCCCCC)C(=O)C(C)CN(C)CCO. The average Bonchev–Trinajstić information content (AvgIpc) is 3.11. The van der Waals surface area contributed by atoms with Gasteiger partial charge in [-0.2, -0.15) is 0 Å². The minimum Gasteiger partial charge on any atom is -0.464 e. The van der Waals surface area contributed by atoms with Gasteiger partial charge in [-0.05, 0) is 32.7 Å². The van der Waals surface area contributed by atoms with Crippen LogP contribution in [0.1, 0.15) is 189 Å². The van der Waals surface area contributed by atoms with Gasteiger partial charge in [-0.1, -0.05) is 163 Å². The first-order chi connectivity index (χ1) is 24.7. The van der Waals surface area contributed by atoms with E-state index in [9.17, 15) is 19.5 Å². The maximum Gasteiger partial charge on any atom is 0.308 e. The molecule has 3 unspecified atom stereocenters. The number of hydrogen-bond donors (Lipinski definition) is 1. The van der Waals surface area contributed by atoms with E-state index in [1.807, 2.05) is 18.9 Å². The molecule has 0 spiro atoms. The second-order valence-electron chi connectivity index (χ2n) is 15.3. The second kappa shape index (κ2) is 35.4. The third-order valence-electron chi connectivity index (χ3n) is 10.3. The molecule has 1 N–H and O–H groups in total. The molecule has 8 nitrogen and oxygen atoms in total. The quantitative estimate of drug-likeness (QED) is 0.0503. The van der Waals surface area contributed by atoms with E-state index in [-0.39, 0.29) is 68.5 Å². The van der Waals surface area contributed by atoms with E-state index in [2.05, 4.69) is 27.7 Å². The van der Waals surface area contributed by atoms with Crippen molar-refractivity contribution in [1.82, 2.24) is 9.80 Å². The number of carbonyl (C=O) groups excluding carboxylic acids is 3. The highest BCUT2D eigenvalue weighted by Gasteiger charge is 2.25. The van der Waals surface area contributed by atoms with Crippen molar-refractivity contribution in [2.45, 2.75) is 189 Å². The number of unbranched alkanes of at least 4 members (excludes halogenated alkanes) is 16. The van der Waals surface area contributed by atoms with Crippen LogP contribution in [0, 0.1) is 17.8 Å². The Labute approximate surface area is 315 Å². The van der Waals surface area contributed by atoms with Gasteiger partial charge in [-0.25, -0.2) is 0 Å². The molecule has 0 aliphatic heterocycles. The molecule has 0 aliphatic carbocycles. The Hall–Kier alpha value is -1.67. The molecule has 0 aromatic rings. The number of aliphatic hydroxyl groups excluding tert-OH is 1.